The minimum atomic E-state index is -0.235. The van der Waals surface area contributed by atoms with Gasteiger partial charge in [0, 0.05) is 17.1 Å². The molecule has 0 amide bonds. The molecule has 0 aliphatic carbocycles. The SMILES string of the molecule is CCOC(=O)C(CC)c1c[nH]c2ccc(OC)cc12. The number of ether oxygens (including phenoxy) is 2. The third-order valence-corrected chi connectivity index (χ3v) is 3.28. The summed E-state index contributed by atoms with van der Waals surface area (Å²) in [6, 6.07) is 5.80. The Balaban J connectivity index is 2.45. The van der Waals surface area contributed by atoms with Crippen LogP contribution in [0.5, 0.6) is 5.75 Å². The lowest BCUT2D eigenvalue weighted by molar-refractivity contribution is -0.145. The molecule has 4 nitrogen and oxygen atoms in total. The lowest BCUT2D eigenvalue weighted by Gasteiger charge is -2.13. The molecule has 2 aromatic rings. The first-order valence-corrected chi connectivity index (χ1v) is 6.52. The minimum Gasteiger partial charge on any atom is -0.497 e. The van der Waals surface area contributed by atoms with E-state index < -0.39 is 0 Å². The van der Waals surface area contributed by atoms with E-state index in [9.17, 15) is 4.79 Å². The number of H-pyrrole nitrogens is 1. The molecule has 1 heterocycles. The fourth-order valence-electron chi connectivity index (χ4n) is 2.29. The molecule has 2 rings (SSSR count). The number of rotatable bonds is 5. The van der Waals surface area contributed by atoms with Gasteiger partial charge in [-0.15, -0.1) is 0 Å². The fourth-order valence-corrected chi connectivity index (χ4v) is 2.29. The Labute approximate surface area is 112 Å². The Morgan fingerprint density at radius 3 is 2.79 bits per heavy atom. The zero-order valence-corrected chi connectivity index (χ0v) is 11.5. The highest BCUT2D eigenvalue weighted by Gasteiger charge is 2.23. The number of esters is 1. The van der Waals surface area contributed by atoms with Crippen molar-refractivity contribution in [2.45, 2.75) is 26.2 Å². The van der Waals surface area contributed by atoms with E-state index in [1.807, 2.05) is 38.2 Å². The van der Waals surface area contributed by atoms with Crippen LogP contribution in [0, 0.1) is 0 Å². The van der Waals surface area contributed by atoms with Crippen molar-refractivity contribution in [3.63, 3.8) is 0 Å². The standard InChI is InChI=1S/C15H19NO3/c1-4-11(15(17)19-5-2)13-9-16-14-7-6-10(18-3)8-12(13)14/h6-9,11,16H,4-5H2,1-3H3. The molecular formula is C15H19NO3. The van der Waals surface area contributed by atoms with Crippen molar-refractivity contribution in [2.24, 2.45) is 0 Å². The quantitative estimate of drug-likeness (QED) is 0.841. The lowest BCUT2D eigenvalue weighted by atomic mass is 9.96. The molecule has 0 saturated heterocycles. The zero-order valence-electron chi connectivity index (χ0n) is 11.5. The van der Waals surface area contributed by atoms with Gasteiger partial charge in [0.05, 0.1) is 19.6 Å². The van der Waals surface area contributed by atoms with E-state index >= 15 is 0 Å². The third kappa shape index (κ3) is 2.57. The predicted molar refractivity (Wildman–Crippen MR) is 74.5 cm³/mol. The molecule has 102 valence electrons. The van der Waals surface area contributed by atoms with E-state index in [-0.39, 0.29) is 11.9 Å². The van der Waals surface area contributed by atoms with Crippen LogP contribution >= 0.6 is 0 Å². The smallest absolute Gasteiger partial charge is 0.313 e. The molecule has 0 saturated carbocycles. The summed E-state index contributed by atoms with van der Waals surface area (Å²) in [7, 11) is 1.64. The Morgan fingerprint density at radius 2 is 2.16 bits per heavy atom. The second-order valence-corrected chi connectivity index (χ2v) is 4.37. The molecule has 0 spiro atoms. The van der Waals surface area contributed by atoms with E-state index in [0.29, 0.717) is 13.0 Å². The van der Waals surface area contributed by atoms with Gasteiger partial charge >= 0.3 is 5.97 Å². The number of carbonyl (C=O) groups excluding carboxylic acids is 1. The lowest BCUT2D eigenvalue weighted by Crippen LogP contribution is -2.15. The largest absolute Gasteiger partial charge is 0.497 e. The van der Waals surface area contributed by atoms with Crippen LogP contribution in [0.2, 0.25) is 0 Å². The van der Waals surface area contributed by atoms with Crippen molar-refractivity contribution in [1.82, 2.24) is 4.98 Å². The van der Waals surface area contributed by atoms with Crippen molar-refractivity contribution in [3.8, 4) is 5.75 Å². The molecule has 1 N–H and O–H groups in total. The van der Waals surface area contributed by atoms with Crippen LogP contribution in [0.25, 0.3) is 10.9 Å². The van der Waals surface area contributed by atoms with Crippen molar-refractivity contribution in [3.05, 3.63) is 30.0 Å². The maximum absolute atomic E-state index is 12.0. The number of methoxy groups -OCH3 is 1. The topological polar surface area (TPSA) is 51.3 Å². The summed E-state index contributed by atoms with van der Waals surface area (Å²) in [6.45, 7) is 4.21. The zero-order chi connectivity index (χ0) is 13.8. The molecular weight excluding hydrogens is 242 g/mol. The number of carbonyl (C=O) groups is 1. The van der Waals surface area contributed by atoms with Crippen LogP contribution in [0.1, 0.15) is 31.7 Å². The second-order valence-electron chi connectivity index (χ2n) is 4.37. The van der Waals surface area contributed by atoms with Crippen LogP contribution in [0.4, 0.5) is 0 Å². The van der Waals surface area contributed by atoms with Gasteiger partial charge in [-0.2, -0.15) is 0 Å². The van der Waals surface area contributed by atoms with Gasteiger partial charge in [-0.3, -0.25) is 4.79 Å². The monoisotopic (exact) mass is 261 g/mol. The number of benzene rings is 1. The molecule has 19 heavy (non-hydrogen) atoms. The average molecular weight is 261 g/mol. The molecule has 0 bridgehead atoms. The highest BCUT2D eigenvalue weighted by Crippen LogP contribution is 2.31. The fraction of sp³-hybridized carbons (Fsp3) is 0.400. The molecule has 1 unspecified atom stereocenters. The van der Waals surface area contributed by atoms with Gasteiger partial charge in [0.2, 0.25) is 0 Å². The normalized spacial score (nSPS) is 12.4. The van der Waals surface area contributed by atoms with Crippen LogP contribution < -0.4 is 4.74 Å². The van der Waals surface area contributed by atoms with Crippen LogP contribution in [-0.4, -0.2) is 24.7 Å². The molecule has 0 aliphatic heterocycles. The van der Waals surface area contributed by atoms with Gasteiger partial charge in [-0.1, -0.05) is 6.92 Å². The summed E-state index contributed by atoms with van der Waals surface area (Å²) in [6.07, 6.45) is 2.60. The highest BCUT2D eigenvalue weighted by atomic mass is 16.5. The number of aromatic amines is 1. The Morgan fingerprint density at radius 1 is 1.37 bits per heavy atom. The third-order valence-electron chi connectivity index (χ3n) is 3.28. The van der Waals surface area contributed by atoms with Gasteiger partial charge in [-0.25, -0.2) is 0 Å². The van der Waals surface area contributed by atoms with Crippen LogP contribution in [0.3, 0.4) is 0 Å². The molecule has 1 aromatic heterocycles. The van der Waals surface area contributed by atoms with Gasteiger partial charge in [0.25, 0.3) is 0 Å². The number of aromatic nitrogens is 1. The van der Waals surface area contributed by atoms with Gasteiger partial charge in [0.15, 0.2) is 0 Å². The Hall–Kier alpha value is -1.97. The summed E-state index contributed by atoms with van der Waals surface area (Å²) < 4.78 is 10.4. The maximum Gasteiger partial charge on any atom is 0.313 e. The van der Waals surface area contributed by atoms with Crippen molar-refractivity contribution < 1.29 is 14.3 Å². The first-order chi connectivity index (χ1) is 9.21. The van der Waals surface area contributed by atoms with Gasteiger partial charge in [0.1, 0.15) is 5.75 Å². The Bertz CT molecular complexity index is 574. The molecule has 0 aliphatic rings. The molecule has 0 radical (unpaired) electrons. The summed E-state index contributed by atoms with van der Waals surface area (Å²) in [5.41, 5.74) is 1.97. The number of fused-ring (bicyclic) bond motifs is 1. The molecule has 4 heteroatoms. The number of hydrogen-bond donors (Lipinski definition) is 1. The Kier molecular flexibility index (Phi) is 4.10. The summed E-state index contributed by atoms with van der Waals surface area (Å²) >= 11 is 0. The number of nitrogens with one attached hydrogen (secondary N) is 1. The van der Waals surface area contributed by atoms with Crippen LogP contribution in [-0.2, 0) is 9.53 Å². The van der Waals surface area contributed by atoms with Crippen molar-refractivity contribution in [1.29, 1.82) is 0 Å². The molecule has 1 aromatic carbocycles. The minimum absolute atomic E-state index is 0.172. The van der Waals surface area contributed by atoms with Gasteiger partial charge in [-0.05, 0) is 37.1 Å². The molecule has 0 fully saturated rings. The summed E-state index contributed by atoms with van der Waals surface area (Å²) in [5.74, 6) is 0.376. The maximum atomic E-state index is 12.0. The summed E-state index contributed by atoms with van der Waals surface area (Å²) in [4.78, 5) is 15.2. The average Bonchev–Trinajstić information content (AvgIpc) is 2.83. The molecule has 1 atom stereocenters. The second kappa shape index (κ2) is 5.78. The van der Waals surface area contributed by atoms with E-state index in [4.69, 9.17) is 9.47 Å². The first-order valence-electron chi connectivity index (χ1n) is 6.52. The van der Waals surface area contributed by atoms with Gasteiger partial charge < -0.3 is 14.5 Å². The highest BCUT2D eigenvalue weighted by molar-refractivity contribution is 5.90. The van der Waals surface area contributed by atoms with Crippen LogP contribution in [0.15, 0.2) is 24.4 Å². The van der Waals surface area contributed by atoms with E-state index in [1.165, 1.54) is 0 Å². The number of hydrogen-bond acceptors (Lipinski definition) is 3. The van der Waals surface area contributed by atoms with E-state index in [2.05, 4.69) is 4.98 Å². The summed E-state index contributed by atoms with van der Waals surface area (Å²) in [5, 5.41) is 1.01. The predicted octanol–water partition coefficient (Wildman–Crippen LogP) is 3.23. The first kappa shape index (κ1) is 13.5. The van der Waals surface area contributed by atoms with Crippen molar-refractivity contribution in [2.75, 3.05) is 13.7 Å². The van der Waals surface area contributed by atoms with E-state index in [0.717, 1.165) is 22.2 Å². The van der Waals surface area contributed by atoms with Crippen molar-refractivity contribution >= 4 is 16.9 Å². The van der Waals surface area contributed by atoms with E-state index in [1.54, 1.807) is 7.11 Å².